The molecule has 0 bridgehead atoms. The Labute approximate surface area is 96.9 Å². The van der Waals surface area contributed by atoms with Crippen LogP contribution < -0.4 is 5.32 Å². The van der Waals surface area contributed by atoms with Gasteiger partial charge in [-0.1, -0.05) is 18.2 Å². The van der Waals surface area contributed by atoms with Crippen molar-refractivity contribution in [1.29, 1.82) is 0 Å². The Hall–Kier alpha value is -1.11. The van der Waals surface area contributed by atoms with Crippen LogP contribution in [0.3, 0.4) is 0 Å². The van der Waals surface area contributed by atoms with E-state index in [4.69, 9.17) is 5.11 Å². The fourth-order valence-corrected chi connectivity index (χ4v) is 1.31. The number of aliphatic hydroxyl groups excluding tert-OH is 2. The van der Waals surface area contributed by atoms with Gasteiger partial charge in [-0.05, 0) is 6.07 Å². The Balaban J connectivity index is 2.40. The molecule has 1 aromatic rings. The molecule has 2 unspecified atom stereocenters. The zero-order valence-corrected chi connectivity index (χ0v) is 8.98. The average molecular weight is 249 g/mol. The van der Waals surface area contributed by atoms with E-state index in [1.54, 1.807) is 6.07 Å². The summed E-state index contributed by atoms with van der Waals surface area (Å²) in [5.41, 5.74) is 0.0894. The number of benzene rings is 1. The van der Waals surface area contributed by atoms with E-state index in [-0.39, 0.29) is 18.7 Å². The van der Waals surface area contributed by atoms with E-state index in [0.29, 0.717) is 0 Å². The Kier molecular flexibility index (Phi) is 5.40. The van der Waals surface area contributed by atoms with Gasteiger partial charge in [-0.2, -0.15) is 0 Å². The maximum Gasteiger partial charge on any atom is 0.265 e. The lowest BCUT2D eigenvalue weighted by Crippen LogP contribution is -2.34. The first-order valence-electron chi connectivity index (χ1n) is 5.11. The number of rotatable bonds is 6. The maximum absolute atomic E-state index is 13.2. The molecule has 0 saturated carbocycles. The van der Waals surface area contributed by atoms with Crippen LogP contribution in [0.1, 0.15) is 11.7 Å². The van der Waals surface area contributed by atoms with Crippen molar-refractivity contribution < 1.29 is 23.4 Å². The lowest BCUT2D eigenvalue weighted by atomic mass is 10.1. The topological polar surface area (TPSA) is 52.5 Å². The van der Waals surface area contributed by atoms with Gasteiger partial charge in [0, 0.05) is 18.7 Å². The minimum absolute atomic E-state index is 0.0894. The normalized spacial score (nSPS) is 14.9. The molecule has 0 aromatic heterocycles. The van der Waals surface area contributed by atoms with Crippen LogP contribution in [0.25, 0.3) is 0 Å². The van der Waals surface area contributed by atoms with Gasteiger partial charge in [-0.25, -0.2) is 13.2 Å². The number of nitrogens with one attached hydrogen (secondary N) is 1. The Morgan fingerprint density at radius 2 is 1.76 bits per heavy atom. The van der Waals surface area contributed by atoms with E-state index in [0.717, 1.165) is 0 Å². The molecule has 0 aliphatic rings. The average Bonchev–Trinajstić information content (AvgIpc) is 2.29. The third-order valence-electron chi connectivity index (χ3n) is 2.25. The van der Waals surface area contributed by atoms with Crippen LogP contribution in [-0.4, -0.2) is 35.8 Å². The predicted octanol–water partition coefficient (Wildman–Crippen LogP) is 1.07. The second kappa shape index (κ2) is 6.58. The van der Waals surface area contributed by atoms with E-state index in [1.165, 1.54) is 18.2 Å². The van der Waals surface area contributed by atoms with Crippen molar-refractivity contribution >= 4 is 0 Å². The molecule has 0 heterocycles. The highest BCUT2D eigenvalue weighted by atomic mass is 19.3. The lowest BCUT2D eigenvalue weighted by Gasteiger charge is -2.15. The molecule has 0 aliphatic heterocycles. The van der Waals surface area contributed by atoms with Crippen molar-refractivity contribution in [3.63, 3.8) is 0 Å². The highest BCUT2D eigenvalue weighted by Gasteiger charge is 2.17. The zero-order chi connectivity index (χ0) is 12.8. The van der Waals surface area contributed by atoms with Crippen LogP contribution in [0, 0.1) is 5.82 Å². The Morgan fingerprint density at radius 3 is 2.35 bits per heavy atom. The summed E-state index contributed by atoms with van der Waals surface area (Å²) in [5, 5.41) is 20.8. The fraction of sp³-hybridized carbons (Fsp3) is 0.455. The van der Waals surface area contributed by atoms with E-state index in [1.807, 2.05) is 0 Å². The van der Waals surface area contributed by atoms with Crippen molar-refractivity contribution in [1.82, 2.24) is 5.32 Å². The number of hydrogen-bond donors (Lipinski definition) is 3. The van der Waals surface area contributed by atoms with Gasteiger partial charge in [0.05, 0.1) is 6.10 Å². The number of hydrogen-bond acceptors (Lipinski definition) is 3. The summed E-state index contributed by atoms with van der Waals surface area (Å²) in [6.07, 6.45) is -5.77. The SMILES string of the molecule is OC(CNCC(O)C(F)F)c1ccccc1F. The zero-order valence-electron chi connectivity index (χ0n) is 8.98. The summed E-state index contributed by atoms with van der Waals surface area (Å²) in [5.74, 6) is -0.559. The first-order valence-corrected chi connectivity index (χ1v) is 5.11. The molecule has 0 aliphatic carbocycles. The van der Waals surface area contributed by atoms with Gasteiger partial charge in [-0.15, -0.1) is 0 Å². The van der Waals surface area contributed by atoms with Gasteiger partial charge < -0.3 is 15.5 Å². The minimum Gasteiger partial charge on any atom is -0.387 e. The molecule has 0 amide bonds. The summed E-state index contributed by atoms with van der Waals surface area (Å²) in [4.78, 5) is 0. The van der Waals surface area contributed by atoms with Crippen LogP contribution in [0.4, 0.5) is 13.2 Å². The van der Waals surface area contributed by atoms with Gasteiger partial charge in [-0.3, -0.25) is 0 Å². The van der Waals surface area contributed by atoms with Gasteiger partial charge in [0.15, 0.2) is 0 Å². The first-order chi connectivity index (χ1) is 8.02. The Morgan fingerprint density at radius 1 is 1.12 bits per heavy atom. The van der Waals surface area contributed by atoms with Crippen molar-refractivity contribution in [3.05, 3.63) is 35.6 Å². The highest BCUT2D eigenvalue weighted by Crippen LogP contribution is 2.15. The summed E-state index contributed by atoms with van der Waals surface area (Å²) >= 11 is 0. The van der Waals surface area contributed by atoms with Crippen LogP contribution in [0.5, 0.6) is 0 Å². The Bertz CT molecular complexity index is 349. The molecule has 2 atom stereocenters. The van der Waals surface area contributed by atoms with Gasteiger partial charge in [0.2, 0.25) is 0 Å². The van der Waals surface area contributed by atoms with E-state index in [9.17, 15) is 18.3 Å². The third-order valence-corrected chi connectivity index (χ3v) is 2.25. The van der Waals surface area contributed by atoms with Gasteiger partial charge in [0.1, 0.15) is 11.9 Å². The van der Waals surface area contributed by atoms with Crippen LogP contribution in [0.2, 0.25) is 0 Å². The molecule has 0 radical (unpaired) electrons. The molecule has 96 valence electrons. The van der Waals surface area contributed by atoms with Crippen molar-refractivity contribution in [2.75, 3.05) is 13.1 Å². The number of halogens is 3. The molecule has 0 spiro atoms. The predicted molar refractivity (Wildman–Crippen MR) is 56.2 cm³/mol. The van der Waals surface area contributed by atoms with Gasteiger partial charge in [0.25, 0.3) is 6.43 Å². The molecule has 0 saturated heterocycles. The molecule has 17 heavy (non-hydrogen) atoms. The quantitative estimate of drug-likeness (QED) is 0.707. The van der Waals surface area contributed by atoms with Crippen molar-refractivity contribution in [3.8, 4) is 0 Å². The molecule has 3 N–H and O–H groups in total. The summed E-state index contributed by atoms with van der Waals surface area (Å²) in [6.45, 7) is -0.464. The lowest BCUT2D eigenvalue weighted by molar-refractivity contribution is -0.00467. The number of aliphatic hydroxyl groups is 2. The van der Waals surface area contributed by atoms with Crippen LogP contribution >= 0.6 is 0 Å². The second-order valence-electron chi connectivity index (χ2n) is 3.60. The number of alkyl halides is 2. The van der Waals surface area contributed by atoms with Crippen molar-refractivity contribution in [2.24, 2.45) is 0 Å². The molecule has 0 fully saturated rings. The van der Waals surface area contributed by atoms with E-state index in [2.05, 4.69) is 5.32 Å². The molecule has 1 rings (SSSR count). The molecule has 6 heteroatoms. The molecule has 3 nitrogen and oxygen atoms in total. The van der Waals surface area contributed by atoms with Crippen molar-refractivity contribution in [2.45, 2.75) is 18.6 Å². The minimum atomic E-state index is -2.84. The fourth-order valence-electron chi connectivity index (χ4n) is 1.31. The standard InChI is InChI=1S/C11H14F3NO2/c12-8-4-2-1-3-7(8)9(16)5-15-6-10(17)11(13)14/h1-4,9-11,15-17H,5-6H2. The summed E-state index contributed by atoms with van der Waals surface area (Å²) < 4.78 is 37.1. The van der Waals surface area contributed by atoms with E-state index < -0.39 is 24.5 Å². The smallest absolute Gasteiger partial charge is 0.265 e. The van der Waals surface area contributed by atoms with Gasteiger partial charge >= 0.3 is 0 Å². The molecular formula is C11H14F3NO2. The summed E-state index contributed by atoms with van der Waals surface area (Å²) in [7, 11) is 0. The monoisotopic (exact) mass is 249 g/mol. The van der Waals surface area contributed by atoms with Crippen LogP contribution in [-0.2, 0) is 0 Å². The summed E-state index contributed by atoms with van der Waals surface area (Å²) in [6, 6.07) is 5.66. The van der Waals surface area contributed by atoms with Crippen LogP contribution in [0.15, 0.2) is 24.3 Å². The maximum atomic E-state index is 13.2. The van der Waals surface area contributed by atoms with E-state index >= 15 is 0 Å². The highest BCUT2D eigenvalue weighted by molar-refractivity contribution is 5.19. The first kappa shape index (κ1) is 14.0. The molecule has 1 aromatic carbocycles. The molecular weight excluding hydrogens is 235 g/mol. The largest absolute Gasteiger partial charge is 0.387 e. The third kappa shape index (κ3) is 4.33. The second-order valence-corrected chi connectivity index (χ2v) is 3.60.